The van der Waals surface area contributed by atoms with Crippen LogP contribution in [0, 0.1) is 0 Å². The number of ether oxygens (including phenoxy) is 2. The molecule has 0 aromatic heterocycles. The average Bonchev–Trinajstić information content (AvgIpc) is 2.45. The first kappa shape index (κ1) is 19.1. The van der Waals surface area contributed by atoms with Crippen LogP contribution in [0.4, 0.5) is 0 Å². The molecule has 0 spiro atoms. The summed E-state index contributed by atoms with van der Waals surface area (Å²) in [6, 6.07) is 0. The van der Waals surface area contributed by atoms with Gasteiger partial charge in [0.05, 0.1) is 0 Å². The monoisotopic (exact) mass is 280 g/mol. The average molecular weight is 280 g/mol. The topological polar surface area (TPSA) is 18.5 Å². The van der Waals surface area contributed by atoms with E-state index in [-0.39, 0.29) is 6.29 Å². The maximum absolute atomic E-state index is 5.53. The minimum atomic E-state index is 0.00424. The van der Waals surface area contributed by atoms with Crippen LogP contribution in [0.3, 0.4) is 0 Å². The molecule has 0 aliphatic carbocycles. The highest BCUT2D eigenvalue weighted by Gasteiger charge is 2.06. The molecule has 0 fully saturated rings. The van der Waals surface area contributed by atoms with Crippen molar-refractivity contribution in [3.05, 3.63) is 37.0 Å². The van der Waals surface area contributed by atoms with E-state index in [1.807, 2.05) is 26.0 Å². The van der Waals surface area contributed by atoms with E-state index in [4.69, 9.17) is 9.47 Å². The van der Waals surface area contributed by atoms with Crippen molar-refractivity contribution in [3.8, 4) is 0 Å². The molecule has 0 N–H and O–H groups in total. The van der Waals surface area contributed by atoms with Gasteiger partial charge in [0.15, 0.2) is 6.29 Å². The fraction of sp³-hybridized carbons (Fsp3) is 0.667. The minimum absolute atomic E-state index is 0.00424. The van der Waals surface area contributed by atoms with Crippen LogP contribution in [-0.2, 0) is 9.47 Å². The zero-order chi connectivity index (χ0) is 14.9. The van der Waals surface area contributed by atoms with Gasteiger partial charge in [-0.15, -0.1) is 0 Å². The molecule has 0 aromatic carbocycles. The van der Waals surface area contributed by atoms with Crippen molar-refractivity contribution in [1.82, 2.24) is 0 Å². The third-order valence-electron chi connectivity index (χ3n) is 3.01. The van der Waals surface area contributed by atoms with Crippen LogP contribution in [0.15, 0.2) is 37.0 Å². The largest absolute Gasteiger partial charge is 0.353 e. The Balaban J connectivity index is 3.36. The summed E-state index contributed by atoms with van der Waals surface area (Å²) in [7, 11) is 0. The molecule has 0 rings (SSSR count). The van der Waals surface area contributed by atoms with E-state index in [0.717, 1.165) is 19.6 Å². The molecule has 0 aliphatic rings. The Morgan fingerprint density at radius 1 is 0.850 bits per heavy atom. The first-order chi connectivity index (χ1) is 9.85. The molecule has 0 atom stereocenters. The van der Waals surface area contributed by atoms with Crippen LogP contribution in [0.1, 0.15) is 58.8 Å². The highest BCUT2D eigenvalue weighted by molar-refractivity contribution is 5.08. The van der Waals surface area contributed by atoms with Crippen LogP contribution in [0.5, 0.6) is 0 Å². The van der Waals surface area contributed by atoms with Gasteiger partial charge in [-0.05, 0) is 39.5 Å². The van der Waals surface area contributed by atoms with E-state index in [0.29, 0.717) is 0 Å². The Hall–Kier alpha value is -0.860. The standard InChI is InChI=1S/C18H32O2/c1-4-7-8-9-10-11-12-13-14-15-16-17-18(19-5-2)20-6-3/h4,7-10,18H,1,5-6,11-17H2,2-3H3/b8-7+,10-9+. The lowest BCUT2D eigenvalue weighted by molar-refractivity contribution is -0.140. The van der Waals surface area contributed by atoms with E-state index in [2.05, 4.69) is 18.7 Å². The molecule has 0 unspecified atom stereocenters. The molecule has 0 saturated carbocycles. The predicted octanol–water partition coefficient (Wildman–Crippen LogP) is 5.41. The summed E-state index contributed by atoms with van der Waals surface area (Å²) >= 11 is 0. The molecular formula is C18H32O2. The molecule has 2 nitrogen and oxygen atoms in total. The maximum Gasteiger partial charge on any atom is 0.157 e. The Bertz CT molecular complexity index is 250. The maximum atomic E-state index is 5.53. The lowest BCUT2D eigenvalue weighted by Crippen LogP contribution is -2.17. The van der Waals surface area contributed by atoms with E-state index in [1.54, 1.807) is 6.08 Å². The summed E-state index contributed by atoms with van der Waals surface area (Å²) in [5.74, 6) is 0. The number of allylic oxidation sites excluding steroid dienone is 5. The lowest BCUT2D eigenvalue weighted by Gasteiger charge is -2.16. The Labute approximate surface area is 125 Å². The quantitative estimate of drug-likeness (QED) is 0.240. The third-order valence-corrected chi connectivity index (χ3v) is 3.01. The zero-order valence-electron chi connectivity index (χ0n) is 13.4. The van der Waals surface area contributed by atoms with Gasteiger partial charge < -0.3 is 9.47 Å². The van der Waals surface area contributed by atoms with Crippen molar-refractivity contribution in [3.63, 3.8) is 0 Å². The fourth-order valence-corrected chi connectivity index (χ4v) is 2.01. The van der Waals surface area contributed by atoms with E-state index < -0.39 is 0 Å². The lowest BCUT2D eigenvalue weighted by atomic mass is 10.1. The summed E-state index contributed by atoms with van der Waals surface area (Å²) < 4.78 is 11.1. The fourth-order valence-electron chi connectivity index (χ4n) is 2.01. The van der Waals surface area contributed by atoms with Crippen LogP contribution >= 0.6 is 0 Å². The van der Waals surface area contributed by atoms with Crippen LogP contribution in [-0.4, -0.2) is 19.5 Å². The molecular weight excluding hydrogens is 248 g/mol. The minimum Gasteiger partial charge on any atom is -0.353 e. The summed E-state index contributed by atoms with van der Waals surface area (Å²) in [5.41, 5.74) is 0. The van der Waals surface area contributed by atoms with Crippen LogP contribution < -0.4 is 0 Å². The molecule has 0 amide bonds. The summed E-state index contributed by atoms with van der Waals surface area (Å²) in [4.78, 5) is 0. The highest BCUT2D eigenvalue weighted by atomic mass is 16.7. The predicted molar refractivity (Wildman–Crippen MR) is 87.8 cm³/mol. The number of rotatable bonds is 14. The molecule has 0 saturated heterocycles. The summed E-state index contributed by atoms with van der Waals surface area (Å²) in [6.07, 6.45) is 18.6. The van der Waals surface area contributed by atoms with Crippen LogP contribution in [0.2, 0.25) is 0 Å². The Morgan fingerprint density at radius 2 is 1.50 bits per heavy atom. The molecule has 0 aromatic rings. The van der Waals surface area contributed by atoms with Crippen molar-refractivity contribution < 1.29 is 9.47 Å². The van der Waals surface area contributed by atoms with Gasteiger partial charge in [-0.1, -0.05) is 56.2 Å². The van der Waals surface area contributed by atoms with Gasteiger partial charge in [-0.3, -0.25) is 0 Å². The van der Waals surface area contributed by atoms with Crippen molar-refractivity contribution in [2.75, 3.05) is 13.2 Å². The van der Waals surface area contributed by atoms with Crippen molar-refractivity contribution in [2.24, 2.45) is 0 Å². The summed E-state index contributed by atoms with van der Waals surface area (Å²) in [5, 5.41) is 0. The van der Waals surface area contributed by atoms with Crippen molar-refractivity contribution >= 4 is 0 Å². The zero-order valence-corrected chi connectivity index (χ0v) is 13.4. The molecule has 0 bridgehead atoms. The molecule has 0 aliphatic heterocycles. The van der Waals surface area contributed by atoms with Gasteiger partial charge in [0, 0.05) is 13.2 Å². The smallest absolute Gasteiger partial charge is 0.157 e. The van der Waals surface area contributed by atoms with Crippen molar-refractivity contribution in [2.45, 2.75) is 65.1 Å². The second-order valence-electron chi connectivity index (χ2n) is 4.73. The SMILES string of the molecule is C=C/C=C/C=C/CCCCCCCC(OCC)OCC. The first-order valence-electron chi connectivity index (χ1n) is 8.02. The molecule has 0 heterocycles. The number of unbranched alkanes of at least 4 members (excludes halogenated alkanes) is 5. The van der Waals surface area contributed by atoms with Gasteiger partial charge in [0.25, 0.3) is 0 Å². The molecule has 116 valence electrons. The molecule has 0 radical (unpaired) electrons. The van der Waals surface area contributed by atoms with Gasteiger partial charge >= 0.3 is 0 Å². The van der Waals surface area contributed by atoms with Gasteiger partial charge in [0.1, 0.15) is 0 Å². The van der Waals surface area contributed by atoms with E-state index >= 15 is 0 Å². The van der Waals surface area contributed by atoms with Gasteiger partial charge in [-0.2, -0.15) is 0 Å². The highest BCUT2D eigenvalue weighted by Crippen LogP contribution is 2.11. The van der Waals surface area contributed by atoms with E-state index in [1.165, 1.54) is 38.5 Å². The third kappa shape index (κ3) is 13.6. The van der Waals surface area contributed by atoms with Gasteiger partial charge in [-0.25, -0.2) is 0 Å². The van der Waals surface area contributed by atoms with Gasteiger partial charge in [0.2, 0.25) is 0 Å². The van der Waals surface area contributed by atoms with Crippen molar-refractivity contribution in [1.29, 1.82) is 0 Å². The Morgan fingerprint density at radius 3 is 2.15 bits per heavy atom. The Kier molecular flexibility index (Phi) is 15.5. The summed E-state index contributed by atoms with van der Waals surface area (Å²) in [6.45, 7) is 9.14. The second-order valence-corrected chi connectivity index (χ2v) is 4.73. The molecule has 20 heavy (non-hydrogen) atoms. The number of hydrogen-bond acceptors (Lipinski definition) is 2. The van der Waals surface area contributed by atoms with Crippen LogP contribution in [0.25, 0.3) is 0 Å². The van der Waals surface area contributed by atoms with E-state index in [9.17, 15) is 0 Å². The molecule has 2 heteroatoms. The normalized spacial score (nSPS) is 11.9. The number of hydrogen-bond donors (Lipinski definition) is 0. The second kappa shape index (κ2) is 16.2. The first-order valence-corrected chi connectivity index (χ1v) is 8.02.